The maximum Gasteiger partial charge on any atom is 0.285 e. The van der Waals surface area contributed by atoms with E-state index in [2.05, 4.69) is 35.8 Å². The first kappa shape index (κ1) is 26.2. The third kappa shape index (κ3) is 6.83. The van der Waals surface area contributed by atoms with E-state index in [9.17, 15) is 18.0 Å². The van der Waals surface area contributed by atoms with E-state index >= 15 is 0 Å². The lowest BCUT2D eigenvalue weighted by molar-refractivity contribution is -0.113. The van der Waals surface area contributed by atoms with Gasteiger partial charge in [-0.15, -0.1) is 4.40 Å². The molecule has 3 rings (SSSR count). The second kappa shape index (κ2) is 10.5. The summed E-state index contributed by atoms with van der Waals surface area (Å²) in [6.07, 6.45) is 2.82. The summed E-state index contributed by atoms with van der Waals surface area (Å²) >= 11 is 0. The number of amides is 2. The van der Waals surface area contributed by atoms with Gasteiger partial charge in [-0.1, -0.05) is 32.9 Å². The number of furan rings is 1. The number of carbonyl (C=O) groups excluding carboxylic acids is 2. The predicted octanol–water partition coefficient (Wildman–Crippen LogP) is 2.95. The van der Waals surface area contributed by atoms with Gasteiger partial charge in [0.2, 0.25) is 5.96 Å². The molecule has 2 aromatic carbocycles. The molecule has 6 N–H and O–H groups in total. The Hall–Kier alpha value is -4.38. The van der Waals surface area contributed by atoms with Gasteiger partial charge < -0.3 is 26.5 Å². The molecule has 0 unspecified atom stereocenters. The van der Waals surface area contributed by atoms with Crippen LogP contribution in [0.15, 0.2) is 86.3 Å². The molecule has 2 amide bonds. The maximum atomic E-state index is 13.0. The lowest BCUT2D eigenvalue weighted by atomic mass is 9.87. The Morgan fingerprint density at radius 1 is 0.972 bits per heavy atom. The molecule has 0 bridgehead atoms. The molecule has 10 nitrogen and oxygen atoms in total. The number of nitrogens with zero attached hydrogens (tertiary/aromatic N) is 1. The van der Waals surface area contributed by atoms with Crippen LogP contribution < -0.4 is 22.1 Å². The number of nitrogens with two attached hydrogens (primary N) is 2. The van der Waals surface area contributed by atoms with Crippen molar-refractivity contribution in [3.8, 4) is 0 Å². The first-order chi connectivity index (χ1) is 16.8. The minimum absolute atomic E-state index is 0.0720. The molecule has 0 aliphatic heterocycles. The van der Waals surface area contributed by atoms with Gasteiger partial charge in [0.25, 0.3) is 21.8 Å². The molecule has 0 saturated heterocycles. The van der Waals surface area contributed by atoms with E-state index < -0.39 is 27.8 Å². The molecule has 0 radical (unpaired) electrons. The highest BCUT2D eigenvalue weighted by Gasteiger charge is 2.18. The van der Waals surface area contributed by atoms with Crippen LogP contribution in [0.25, 0.3) is 6.08 Å². The summed E-state index contributed by atoms with van der Waals surface area (Å²) < 4.78 is 32.7. The lowest BCUT2D eigenvalue weighted by Crippen LogP contribution is -2.30. The van der Waals surface area contributed by atoms with Gasteiger partial charge in [0.1, 0.15) is 11.5 Å². The Morgan fingerprint density at radius 2 is 1.61 bits per heavy atom. The summed E-state index contributed by atoms with van der Waals surface area (Å²) in [7, 11) is -4.07. The molecule has 0 spiro atoms. The number of hydrogen-bond donors (Lipinski definition) is 4. The highest BCUT2D eigenvalue weighted by molar-refractivity contribution is 7.90. The normalized spacial score (nSPS) is 12.0. The van der Waals surface area contributed by atoms with E-state index in [0.717, 1.165) is 5.56 Å². The van der Waals surface area contributed by atoms with Gasteiger partial charge in [0, 0.05) is 17.3 Å². The highest BCUT2D eigenvalue weighted by atomic mass is 32.2. The second-order valence-electron chi connectivity index (χ2n) is 8.82. The number of rotatable bonds is 7. The largest absolute Gasteiger partial charge is 0.465 e. The number of guanidine groups is 1. The maximum absolute atomic E-state index is 13.0. The standard InChI is InChI=1S/C25H27N5O5S/c1-25(2,3)17-8-6-16(7-9-17)22(31)29-21(15-19-5-4-14-35-19)23(32)28-18-10-12-20(13-11-18)36(33,34)30-24(26)27/h4-15H,1-3H3,(H,28,32)(H,29,31)(H4,26,27,30)/b21-15+. The molecule has 0 aliphatic rings. The van der Waals surface area contributed by atoms with Crippen molar-refractivity contribution >= 4 is 39.6 Å². The molecule has 11 heteroatoms. The van der Waals surface area contributed by atoms with E-state index in [0.29, 0.717) is 11.3 Å². The number of sulfonamides is 1. The Bertz CT molecular complexity index is 1400. The van der Waals surface area contributed by atoms with Gasteiger partial charge in [-0.05, 0) is 59.5 Å². The van der Waals surface area contributed by atoms with Crippen LogP contribution in [0.1, 0.15) is 42.5 Å². The van der Waals surface area contributed by atoms with E-state index in [1.807, 2.05) is 12.1 Å². The first-order valence-corrected chi connectivity index (χ1v) is 12.2. The van der Waals surface area contributed by atoms with E-state index in [4.69, 9.17) is 15.9 Å². The summed E-state index contributed by atoms with van der Waals surface area (Å²) in [5, 5.41) is 5.23. The van der Waals surface area contributed by atoms with E-state index in [-0.39, 0.29) is 21.7 Å². The fourth-order valence-electron chi connectivity index (χ4n) is 3.09. The average Bonchev–Trinajstić information content (AvgIpc) is 3.31. The van der Waals surface area contributed by atoms with Crippen molar-refractivity contribution in [3.05, 3.63) is 89.5 Å². The number of benzene rings is 2. The van der Waals surface area contributed by atoms with Crippen LogP contribution >= 0.6 is 0 Å². The average molecular weight is 510 g/mol. The van der Waals surface area contributed by atoms with Gasteiger partial charge in [0.05, 0.1) is 11.2 Å². The summed E-state index contributed by atoms with van der Waals surface area (Å²) in [5.41, 5.74) is 11.9. The van der Waals surface area contributed by atoms with Crippen LogP contribution in [0.2, 0.25) is 0 Å². The number of anilines is 1. The van der Waals surface area contributed by atoms with Crippen LogP contribution in [-0.2, 0) is 20.2 Å². The summed E-state index contributed by atoms with van der Waals surface area (Å²) in [6.45, 7) is 6.21. The molecule has 36 heavy (non-hydrogen) atoms. The third-order valence-electron chi connectivity index (χ3n) is 4.97. The predicted molar refractivity (Wildman–Crippen MR) is 137 cm³/mol. The van der Waals surface area contributed by atoms with Crippen molar-refractivity contribution in [2.24, 2.45) is 15.9 Å². The van der Waals surface area contributed by atoms with Crippen LogP contribution in [0.4, 0.5) is 5.69 Å². The number of nitrogens with one attached hydrogen (secondary N) is 2. The fraction of sp³-hybridized carbons (Fsp3) is 0.160. The Labute approximate surface area is 209 Å². The van der Waals surface area contributed by atoms with Crippen LogP contribution in [-0.4, -0.2) is 26.2 Å². The molecule has 0 saturated carbocycles. The highest BCUT2D eigenvalue weighted by Crippen LogP contribution is 2.22. The SMILES string of the molecule is CC(C)(C)c1ccc(C(=O)N/C(=C/c2ccco2)C(=O)Nc2ccc(S(=O)(=O)N=C(N)N)cc2)cc1. The van der Waals surface area contributed by atoms with Gasteiger partial charge >= 0.3 is 0 Å². The summed E-state index contributed by atoms with van der Waals surface area (Å²) in [6, 6.07) is 15.6. The van der Waals surface area contributed by atoms with Crippen LogP contribution in [0, 0.1) is 0 Å². The molecule has 1 aromatic heterocycles. The summed E-state index contributed by atoms with van der Waals surface area (Å²) in [5.74, 6) is -1.38. The van der Waals surface area contributed by atoms with Crippen molar-refractivity contribution < 1.29 is 22.4 Å². The molecular formula is C25H27N5O5S. The van der Waals surface area contributed by atoms with Crippen molar-refractivity contribution in [1.82, 2.24) is 5.32 Å². The molecule has 0 aliphatic carbocycles. The Kier molecular flexibility index (Phi) is 7.64. The van der Waals surface area contributed by atoms with E-state index in [1.165, 1.54) is 36.6 Å². The molecule has 0 atom stereocenters. The van der Waals surface area contributed by atoms with Crippen molar-refractivity contribution in [2.45, 2.75) is 31.1 Å². The first-order valence-electron chi connectivity index (χ1n) is 10.8. The third-order valence-corrected chi connectivity index (χ3v) is 6.29. The van der Waals surface area contributed by atoms with Crippen LogP contribution in [0.5, 0.6) is 0 Å². The minimum atomic E-state index is -4.07. The summed E-state index contributed by atoms with van der Waals surface area (Å²) in [4.78, 5) is 25.7. The fourth-order valence-corrected chi connectivity index (χ4v) is 3.95. The molecule has 1 heterocycles. The number of carbonyl (C=O) groups is 2. The molecule has 3 aromatic rings. The Balaban J connectivity index is 1.81. The zero-order valence-corrected chi connectivity index (χ0v) is 20.8. The van der Waals surface area contributed by atoms with Gasteiger partial charge in [-0.2, -0.15) is 8.42 Å². The second-order valence-corrected chi connectivity index (χ2v) is 10.4. The monoisotopic (exact) mass is 509 g/mol. The van der Waals surface area contributed by atoms with Gasteiger partial charge in [0.15, 0.2) is 0 Å². The number of hydrogen-bond acceptors (Lipinski definition) is 5. The van der Waals surface area contributed by atoms with Gasteiger partial charge in [-0.25, -0.2) is 0 Å². The quantitative estimate of drug-likeness (QED) is 0.215. The van der Waals surface area contributed by atoms with Crippen molar-refractivity contribution in [1.29, 1.82) is 0 Å². The minimum Gasteiger partial charge on any atom is -0.465 e. The topological polar surface area (TPSA) is 170 Å². The van der Waals surface area contributed by atoms with Crippen molar-refractivity contribution in [2.75, 3.05) is 5.32 Å². The molecule has 0 fully saturated rings. The van der Waals surface area contributed by atoms with E-state index in [1.54, 1.807) is 24.3 Å². The van der Waals surface area contributed by atoms with Crippen LogP contribution in [0.3, 0.4) is 0 Å². The molecule has 188 valence electrons. The zero-order valence-electron chi connectivity index (χ0n) is 20.0. The smallest absolute Gasteiger partial charge is 0.285 e. The van der Waals surface area contributed by atoms with Crippen molar-refractivity contribution in [3.63, 3.8) is 0 Å². The lowest BCUT2D eigenvalue weighted by Gasteiger charge is -2.19. The zero-order chi connectivity index (χ0) is 26.5. The van der Waals surface area contributed by atoms with Gasteiger partial charge in [-0.3, -0.25) is 9.59 Å². The Morgan fingerprint density at radius 3 is 2.14 bits per heavy atom. The molecular weight excluding hydrogens is 482 g/mol.